The number of alkyl halides is 3. The summed E-state index contributed by atoms with van der Waals surface area (Å²) >= 11 is 0. The van der Waals surface area contributed by atoms with Crippen molar-refractivity contribution in [2.45, 2.75) is 51.2 Å². The lowest BCUT2D eigenvalue weighted by Crippen LogP contribution is -2.38. The third kappa shape index (κ3) is 5.09. The maximum atomic E-state index is 13.1. The first-order valence-corrected chi connectivity index (χ1v) is 11.3. The molecule has 0 aliphatic carbocycles. The molecule has 0 saturated carbocycles. The van der Waals surface area contributed by atoms with Crippen LogP contribution in [0.1, 0.15) is 36.7 Å². The molecule has 1 N–H and O–H groups in total. The molecule has 1 amide bonds. The molecule has 31 heavy (non-hydrogen) atoms. The molecule has 7 nitrogen and oxygen atoms in total. The quantitative estimate of drug-likeness (QED) is 0.742. The van der Waals surface area contributed by atoms with Gasteiger partial charge in [0.1, 0.15) is 11.4 Å². The van der Waals surface area contributed by atoms with Gasteiger partial charge in [0.05, 0.1) is 17.0 Å². The Morgan fingerprint density at radius 3 is 2.29 bits per heavy atom. The standard InChI is InChI=1S/C20H25F3N4O3S/c1-13-8-10-26(11-9-13)31(29,30)19-14(2)25-27(15(19)3)12-18(28)24-17-6-4-16(5-7-17)20(21,22)23/h4-7,13H,8-12H2,1-3H3,(H,24,28). The van der Waals surface area contributed by atoms with E-state index < -0.39 is 27.7 Å². The highest BCUT2D eigenvalue weighted by Crippen LogP contribution is 2.30. The molecule has 2 heterocycles. The zero-order valence-electron chi connectivity index (χ0n) is 17.5. The van der Waals surface area contributed by atoms with Crippen molar-refractivity contribution >= 4 is 21.6 Å². The highest BCUT2D eigenvalue weighted by atomic mass is 32.2. The van der Waals surface area contributed by atoms with Crippen LogP contribution < -0.4 is 5.32 Å². The van der Waals surface area contributed by atoms with Crippen LogP contribution in [-0.4, -0.2) is 41.5 Å². The first-order valence-electron chi connectivity index (χ1n) is 9.91. The van der Waals surface area contributed by atoms with E-state index in [1.807, 2.05) is 0 Å². The molecular weight excluding hydrogens is 433 g/mol. The number of sulfonamides is 1. The Hall–Kier alpha value is -2.40. The molecule has 1 aliphatic rings. The van der Waals surface area contributed by atoms with Crippen molar-refractivity contribution < 1.29 is 26.4 Å². The molecule has 1 aromatic heterocycles. The molecule has 11 heteroatoms. The van der Waals surface area contributed by atoms with Crippen LogP contribution in [-0.2, 0) is 27.5 Å². The van der Waals surface area contributed by atoms with E-state index in [-0.39, 0.29) is 17.1 Å². The van der Waals surface area contributed by atoms with Crippen LogP contribution in [0.5, 0.6) is 0 Å². The average molecular weight is 459 g/mol. The monoisotopic (exact) mass is 458 g/mol. The first-order chi connectivity index (χ1) is 14.4. The molecule has 0 bridgehead atoms. The zero-order chi connectivity index (χ0) is 23.0. The second-order valence-electron chi connectivity index (χ2n) is 7.87. The molecule has 3 rings (SSSR count). The van der Waals surface area contributed by atoms with Crippen molar-refractivity contribution in [3.63, 3.8) is 0 Å². The summed E-state index contributed by atoms with van der Waals surface area (Å²) in [6.07, 6.45) is -2.87. The topological polar surface area (TPSA) is 84.3 Å². The molecule has 1 aromatic carbocycles. The molecule has 0 unspecified atom stereocenters. The van der Waals surface area contributed by atoms with Crippen molar-refractivity contribution in [1.82, 2.24) is 14.1 Å². The minimum Gasteiger partial charge on any atom is -0.324 e. The molecule has 1 saturated heterocycles. The number of amides is 1. The van der Waals surface area contributed by atoms with Crippen molar-refractivity contribution in [2.75, 3.05) is 18.4 Å². The number of aryl methyl sites for hydroxylation is 1. The number of hydrogen-bond acceptors (Lipinski definition) is 4. The second kappa shape index (κ2) is 8.62. The summed E-state index contributed by atoms with van der Waals surface area (Å²) in [6, 6.07) is 4.08. The summed E-state index contributed by atoms with van der Waals surface area (Å²) in [7, 11) is -3.73. The maximum absolute atomic E-state index is 13.1. The number of benzene rings is 1. The minimum atomic E-state index is -4.46. The number of anilines is 1. The van der Waals surface area contributed by atoms with Crippen molar-refractivity contribution in [3.05, 3.63) is 41.2 Å². The Labute approximate surface area is 179 Å². The van der Waals surface area contributed by atoms with Crippen molar-refractivity contribution in [2.24, 2.45) is 5.92 Å². The Bertz CT molecular complexity index is 1050. The SMILES string of the molecule is Cc1nn(CC(=O)Nc2ccc(C(F)(F)F)cc2)c(C)c1S(=O)(=O)N1CCC(C)CC1. The van der Waals surface area contributed by atoms with E-state index in [1.165, 1.54) is 8.99 Å². The van der Waals surface area contributed by atoms with Gasteiger partial charge in [0, 0.05) is 18.8 Å². The lowest BCUT2D eigenvalue weighted by molar-refractivity contribution is -0.137. The molecule has 2 aromatic rings. The van der Waals surface area contributed by atoms with E-state index in [0.29, 0.717) is 30.4 Å². The Morgan fingerprint density at radius 1 is 1.16 bits per heavy atom. The fourth-order valence-corrected chi connectivity index (χ4v) is 5.48. The maximum Gasteiger partial charge on any atom is 0.416 e. The average Bonchev–Trinajstić information content (AvgIpc) is 2.95. The minimum absolute atomic E-state index is 0.101. The number of piperidine rings is 1. The molecule has 1 aliphatic heterocycles. The van der Waals surface area contributed by atoms with Crippen LogP contribution in [0.15, 0.2) is 29.2 Å². The summed E-state index contributed by atoms with van der Waals surface area (Å²) in [6.45, 7) is 5.89. The zero-order valence-corrected chi connectivity index (χ0v) is 18.3. The molecule has 0 radical (unpaired) electrons. The van der Waals surface area contributed by atoms with Gasteiger partial charge < -0.3 is 5.32 Å². The number of carbonyl (C=O) groups is 1. The van der Waals surface area contributed by atoms with Gasteiger partial charge in [0.2, 0.25) is 15.9 Å². The van der Waals surface area contributed by atoms with E-state index in [4.69, 9.17) is 0 Å². The van der Waals surface area contributed by atoms with Crippen LogP contribution in [0.3, 0.4) is 0 Å². The van der Waals surface area contributed by atoms with Gasteiger partial charge >= 0.3 is 6.18 Å². The lowest BCUT2D eigenvalue weighted by Gasteiger charge is -2.29. The third-order valence-corrected chi connectivity index (χ3v) is 7.60. The smallest absolute Gasteiger partial charge is 0.324 e. The predicted molar refractivity (Wildman–Crippen MR) is 109 cm³/mol. The van der Waals surface area contributed by atoms with Gasteiger partial charge in [0.15, 0.2) is 0 Å². The fourth-order valence-electron chi connectivity index (χ4n) is 3.64. The summed E-state index contributed by atoms with van der Waals surface area (Å²) in [5.41, 5.74) is 0.0398. The number of nitrogens with one attached hydrogen (secondary N) is 1. The molecule has 0 spiro atoms. The van der Waals surface area contributed by atoms with Crippen LogP contribution in [0.4, 0.5) is 18.9 Å². The van der Waals surface area contributed by atoms with Gasteiger partial charge in [-0.2, -0.15) is 22.6 Å². The number of carbonyl (C=O) groups excluding carboxylic acids is 1. The van der Waals surface area contributed by atoms with Gasteiger partial charge in [-0.3, -0.25) is 9.48 Å². The molecule has 0 atom stereocenters. The summed E-state index contributed by atoms with van der Waals surface area (Å²) < 4.78 is 67.0. The van der Waals surface area contributed by atoms with E-state index in [0.717, 1.165) is 37.1 Å². The van der Waals surface area contributed by atoms with E-state index in [2.05, 4.69) is 17.3 Å². The Balaban J connectivity index is 1.74. The van der Waals surface area contributed by atoms with Crippen molar-refractivity contribution in [3.8, 4) is 0 Å². The Kier molecular flexibility index (Phi) is 6.47. The lowest BCUT2D eigenvalue weighted by atomic mass is 10.0. The number of halogens is 3. The summed E-state index contributed by atoms with van der Waals surface area (Å²) in [5.74, 6) is -0.0497. The number of nitrogens with zero attached hydrogens (tertiary/aromatic N) is 3. The fraction of sp³-hybridized carbons (Fsp3) is 0.500. The van der Waals surface area contributed by atoms with Crippen molar-refractivity contribution in [1.29, 1.82) is 0 Å². The summed E-state index contributed by atoms with van der Waals surface area (Å²) in [5, 5.41) is 6.72. The van der Waals surface area contributed by atoms with Gasteiger partial charge in [-0.1, -0.05) is 6.92 Å². The Morgan fingerprint density at radius 2 is 1.74 bits per heavy atom. The molecule has 1 fully saturated rings. The highest BCUT2D eigenvalue weighted by Gasteiger charge is 2.33. The largest absolute Gasteiger partial charge is 0.416 e. The number of hydrogen-bond donors (Lipinski definition) is 1. The predicted octanol–water partition coefficient (Wildman–Crippen LogP) is 3.58. The number of rotatable bonds is 5. The van der Waals surface area contributed by atoms with E-state index in [9.17, 15) is 26.4 Å². The normalized spacial score (nSPS) is 16.5. The van der Waals surface area contributed by atoms with E-state index >= 15 is 0 Å². The number of aromatic nitrogens is 2. The van der Waals surface area contributed by atoms with Crippen LogP contribution in [0.2, 0.25) is 0 Å². The molecular formula is C20H25F3N4O3S. The first kappa shape index (κ1) is 23.3. The highest BCUT2D eigenvalue weighted by molar-refractivity contribution is 7.89. The van der Waals surface area contributed by atoms with Crippen LogP contribution >= 0.6 is 0 Å². The van der Waals surface area contributed by atoms with E-state index in [1.54, 1.807) is 13.8 Å². The van der Waals surface area contributed by atoms with Crippen LogP contribution in [0, 0.1) is 19.8 Å². The van der Waals surface area contributed by atoms with Gasteiger partial charge in [0.25, 0.3) is 0 Å². The van der Waals surface area contributed by atoms with Gasteiger partial charge in [-0.25, -0.2) is 8.42 Å². The molecule has 170 valence electrons. The second-order valence-corrected chi connectivity index (χ2v) is 9.74. The van der Waals surface area contributed by atoms with Gasteiger partial charge in [-0.05, 0) is 56.9 Å². The third-order valence-electron chi connectivity index (χ3n) is 5.44. The summed E-state index contributed by atoms with van der Waals surface area (Å²) in [4.78, 5) is 12.5. The van der Waals surface area contributed by atoms with Gasteiger partial charge in [-0.15, -0.1) is 0 Å². The van der Waals surface area contributed by atoms with Crippen LogP contribution in [0.25, 0.3) is 0 Å².